The van der Waals surface area contributed by atoms with E-state index in [1.165, 1.54) is 0 Å². The van der Waals surface area contributed by atoms with E-state index in [2.05, 4.69) is 9.62 Å². The van der Waals surface area contributed by atoms with E-state index in [-0.39, 0.29) is 10.8 Å². The molecule has 4 rings (SSSR count). The molecule has 0 saturated carbocycles. The van der Waals surface area contributed by atoms with E-state index in [1.54, 1.807) is 31.4 Å². The number of sulfonamides is 1. The number of nitrogens with zero attached hydrogens (tertiary/aromatic N) is 1. The summed E-state index contributed by atoms with van der Waals surface area (Å²) in [7, 11) is -1.98. The Labute approximate surface area is 183 Å². The van der Waals surface area contributed by atoms with Crippen molar-refractivity contribution in [2.75, 3.05) is 53.1 Å². The molecule has 2 aliphatic heterocycles. The molecule has 0 spiro atoms. The molecule has 0 aromatic heterocycles. The zero-order valence-corrected chi connectivity index (χ0v) is 18.4. The maximum atomic E-state index is 12.5. The Hall–Kier alpha value is -2.49. The van der Waals surface area contributed by atoms with Crippen molar-refractivity contribution in [1.29, 1.82) is 0 Å². The van der Waals surface area contributed by atoms with Crippen molar-refractivity contribution in [2.45, 2.75) is 11.3 Å². The van der Waals surface area contributed by atoms with E-state index in [9.17, 15) is 8.42 Å². The number of fused-ring (bicyclic) bond motifs is 1. The van der Waals surface area contributed by atoms with Crippen molar-refractivity contribution in [2.24, 2.45) is 5.92 Å². The van der Waals surface area contributed by atoms with E-state index < -0.39 is 10.0 Å². The number of methoxy groups -OCH3 is 1. The number of ether oxygens (including phenoxy) is 4. The van der Waals surface area contributed by atoms with Gasteiger partial charge in [0.1, 0.15) is 25.6 Å². The number of likely N-dealkylation sites (tertiary alicyclic amines) is 1. The van der Waals surface area contributed by atoms with E-state index in [1.807, 2.05) is 18.2 Å². The van der Waals surface area contributed by atoms with Crippen molar-refractivity contribution in [3.63, 3.8) is 0 Å². The molecule has 31 heavy (non-hydrogen) atoms. The molecule has 0 amide bonds. The van der Waals surface area contributed by atoms with Crippen LogP contribution in [0.5, 0.6) is 23.0 Å². The molecule has 0 aliphatic carbocycles. The summed E-state index contributed by atoms with van der Waals surface area (Å²) in [5, 5.41) is 0. The Balaban J connectivity index is 1.22. The van der Waals surface area contributed by atoms with Gasteiger partial charge in [-0.25, -0.2) is 13.1 Å². The highest BCUT2D eigenvalue weighted by molar-refractivity contribution is 7.89. The Morgan fingerprint density at radius 1 is 1.13 bits per heavy atom. The zero-order chi connectivity index (χ0) is 21.7. The lowest BCUT2D eigenvalue weighted by Crippen LogP contribution is -2.32. The molecular weight excluding hydrogens is 420 g/mol. The van der Waals surface area contributed by atoms with Crippen molar-refractivity contribution in [3.8, 4) is 23.0 Å². The van der Waals surface area contributed by atoms with Crippen LogP contribution >= 0.6 is 0 Å². The second kappa shape index (κ2) is 9.76. The minimum absolute atomic E-state index is 0.244. The van der Waals surface area contributed by atoms with Crippen molar-refractivity contribution >= 4 is 10.0 Å². The maximum Gasteiger partial charge on any atom is 0.240 e. The molecule has 9 heteroatoms. The SMILES string of the molecule is COc1ccc(S(=O)(=O)NCC2CCN(CCOc3cccc4c3OCCO4)C2)cc1. The second-order valence-corrected chi connectivity index (χ2v) is 9.38. The van der Waals surface area contributed by atoms with Gasteiger partial charge in [0, 0.05) is 19.6 Å². The van der Waals surface area contributed by atoms with Crippen LogP contribution in [0.25, 0.3) is 0 Å². The molecule has 8 nitrogen and oxygen atoms in total. The highest BCUT2D eigenvalue weighted by atomic mass is 32.2. The van der Waals surface area contributed by atoms with Gasteiger partial charge in [-0.2, -0.15) is 0 Å². The molecule has 1 fully saturated rings. The Morgan fingerprint density at radius 3 is 2.74 bits per heavy atom. The predicted octanol–water partition coefficient (Wildman–Crippen LogP) is 2.15. The van der Waals surface area contributed by atoms with Crippen LogP contribution in [0.15, 0.2) is 47.4 Å². The molecule has 1 unspecified atom stereocenters. The fourth-order valence-electron chi connectivity index (χ4n) is 3.79. The van der Waals surface area contributed by atoms with Crippen LogP contribution < -0.4 is 23.7 Å². The van der Waals surface area contributed by atoms with Gasteiger partial charge in [-0.1, -0.05) is 6.07 Å². The third kappa shape index (κ3) is 5.41. The number of para-hydroxylation sites is 1. The number of benzene rings is 2. The van der Waals surface area contributed by atoms with Gasteiger partial charge < -0.3 is 18.9 Å². The highest BCUT2D eigenvalue weighted by Gasteiger charge is 2.25. The third-order valence-corrected chi connectivity index (χ3v) is 6.94. The van der Waals surface area contributed by atoms with Crippen molar-refractivity contribution in [1.82, 2.24) is 9.62 Å². The van der Waals surface area contributed by atoms with Gasteiger partial charge in [-0.05, 0) is 55.3 Å². The van der Waals surface area contributed by atoms with E-state index >= 15 is 0 Å². The molecule has 2 aliphatic rings. The first-order chi connectivity index (χ1) is 15.0. The fourth-order valence-corrected chi connectivity index (χ4v) is 4.91. The Kier molecular flexibility index (Phi) is 6.84. The third-order valence-electron chi connectivity index (χ3n) is 5.50. The molecule has 168 valence electrons. The number of rotatable bonds is 9. The van der Waals surface area contributed by atoms with Gasteiger partial charge in [0.25, 0.3) is 0 Å². The first kappa shape index (κ1) is 21.7. The van der Waals surface area contributed by atoms with Gasteiger partial charge in [0.2, 0.25) is 15.8 Å². The van der Waals surface area contributed by atoms with Gasteiger partial charge >= 0.3 is 0 Å². The van der Waals surface area contributed by atoms with Gasteiger partial charge in [0.05, 0.1) is 12.0 Å². The standard InChI is InChI=1S/C22H28N2O6S/c1-27-18-5-7-19(8-6-18)31(25,26)23-15-17-9-10-24(16-17)11-12-28-20-3-2-4-21-22(20)30-14-13-29-21/h2-8,17,23H,9-16H2,1H3. The summed E-state index contributed by atoms with van der Waals surface area (Å²) in [5.74, 6) is 2.98. The molecule has 0 bridgehead atoms. The Morgan fingerprint density at radius 2 is 1.94 bits per heavy atom. The minimum atomic E-state index is -3.53. The molecule has 0 radical (unpaired) electrons. The van der Waals surface area contributed by atoms with Crippen LogP contribution in [-0.2, 0) is 10.0 Å². The zero-order valence-electron chi connectivity index (χ0n) is 17.6. The van der Waals surface area contributed by atoms with E-state index in [0.717, 1.165) is 26.1 Å². The molecule has 2 heterocycles. The van der Waals surface area contributed by atoms with E-state index in [4.69, 9.17) is 18.9 Å². The van der Waals surface area contributed by atoms with Crippen LogP contribution in [0.2, 0.25) is 0 Å². The highest BCUT2D eigenvalue weighted by Crippen LogP contribution is 2.38. The molecular formula is C22H28N2O6S. The minimum Gasteiger partial charge on any atom is -0.497 e. The van der Waals surface area contributed by atoms with Crippen LogP contribution in [0.1, 0.15) is 6.42 Å². The summed E-state index contributed by atoms with van der Waals surface area (Å²) < 4.78 is 50.0. The number of hydrogen-bond donors (Lipinski definition) is 1. The maximum absolute atomic E-state index is 12.5. The lowest BCUT2D eigenvalue weighted by molar-refractivity contribution is 0.158. The summed E-state index contributed by atoms with van der Waals surface area (Å²) in [6.45, 7) is 4.55. The van der Waals surface area contributed by atoms with E-state index in [0.29, 0.717) is 49.4 Å². The molecule has 1 N–H and O–H groups in total. The topological polar surface area (TPSA) is 86.3 Å². The first-order valence-electron chi connectivity index (χ1n) is 10.4. The average Bonchev–Trinajstić information content (AvgIpc) is 3.26. The lowest BCUT2D eigenvalue weighted by Gasteiger charge is -2.22. The van der Waals surface area contributed by atoms with Crippen molar-refractivity contribution < 1.29 is 27.4 Å². The summed E-state index contributed by atoms with van der Waals surface area (Å²) in [5.41, 5.74) is 0. The van der Waals surface area contributed by atoms with Gasteiger partial charge in [0.15, 0.2) is 11.5 Å². The largest absolute Gasteiger partial charge is 0.497 e. The Bertz CT molecular complexity index is 980. The number of hydrogen-bond acceptors (Lipinski definition) is 7. The summed E-state index contributed by atoms with van der Waals surface area (Å²) >= 11 is 0. The molecule has 1 saturated heterocycles. The molecule has 2 aromatic rings. The first-order valence-corrected chi connectivity index (χ1v) is 11.9. The quantitative estimate of drug-likeness (QED) is 0.629. The van der Waals surface area contributed by atoms with Gasteiger partial charge in [-0.3, -0.25) is 4.90 Å². The van der Waals surface area contributed by atoms with Crippen LogP contribution in [-0.4, -0.2) is 66.4 Å². The van der Waals surface area contributed by atoms with Crippen LogP contribution in [0.4, 0.5) is 0 Å². The normalized spacial score (nSPS) is 18.7. The fraction of sp³-hybridized carbons (Fsp3) is 0.455. The van der Waals surface area contributed by atoms with Crippen LogP contribution in [0.3, 0.4) is 0 Å². The van der Waals surface area contributed by atoms with Crippen molar-refractivity contribution in [3.05, 3.63) is 42.5 Å². The lowest BCUT2D eigenvalue weighted by atomic mass is 10.1. The average molecular weight is 449 g/mol. The molecule has 1 atom stereocenters. The summed E-state index contributed by atoms with van der Waals surface area (Å²) in [4.78, 5) is 2.54. The second-order valence-electron chi connectivity index (χ2n) is 7.61. The smallest absolute Gasteiger partial charge is 0.240 e. The van der Waals surface area contributed by atoms with Gasteiger partial charge in [-0.15, -0.1) is 0 Å². The summed E-state index contributed by atoms with van der Waals surface area (Å²) in [6, 6.07) is 12.0. The molecule has 2 aromatic carbocycles. The predicted molar refractivity (Wildman–Crippen MR) is 116 cm³/mol. The number of nitrogens with one attached hydrogen (secondary N) is 1. The summed E-state index contributed by atoms with van der Waals surface area (Å²) in [6.07, 6.45) is 0.947. The van der Waals surface area contributed by atoms with Crippen LogP contribution in [0, 0.1) is 5.92 Å². The monoisotopic (exact) mass is 448 g/mol.